The van der Waals surface area contributed by atoms with E-state index in [1.54, 1.807) is 24.3 Å². The zero-order chi connectivity index (χ0) is 10.8. The van der Waals surface area contributed by atoms with E-state index in [1.807, 2.05) is 13.8 Å². The van der Waals surface area contributed by atoms with Gasteiger partial charge in [-0.3, -0.25) is 9.79 Å². The second kappa shape index (κ2) is 6.04. The third-order valence-corrected chi connectivity index (χ3v) is 2.22. The topological polar surface area (TPSA) is 66.8 Å². The molecule has 0 atom stereocenters. The van der Waals surface area contributed by atoms with Gasteiger partial charge in [-0.2, -0.15) is 0 Å². The first-order valence-electron chi connectivity index (χ1n) is 4.23. The Morgan fingerprint density at radius 2 is 1.67 bits per heavy atom. The van der Waals surface area contributed by atoms with Crippen molar-refractivity contribution in [2.75, 3.05) is 0 Å². The van der Waals surface area contributed by atoms with Crippen molar-refractivity contribution in [3.05, 3.63) is 29.8 Å². The molecule has 0 fully saturated rings. The monoisotopic (exact) mass is 240 g/mol. The molecule has 6 heteroatoms. The summed E-state index contributed by atoms with van der Waals surface area (Å²) >= 11 is 0. The van der Waals surface area contributed by atoms with E-state index >= 15 is 0 Å². The van der Waals surface area contributed by atoms with Crippen LogP contribution in [0.3, 0.4) is 0 Å². The summed E-state index contributed by atoms with van der Waals surface area (Å²) < 4.78 is 14.9. The molecule has 0 aromatic heterocycles. The molecule has 80 valence electrons. The molecule has 0 radical (unpaired) electrons. The molecule has 0 aliphatic carbocycles. The van der Waals surface area contributed by atoms with Gasteiger partial charge in [0.1, 0.15) is 5.75 Å². The van der Waals surface area contributed by atoms with E-state index in [-0.39, 0.29) is 35.3 Å². The minimum absolute atomic E-state index is 0. The molecule has 15 heavy (non-hydrogen) atoms. The van der Waals surface area contributed by atoms with Gasteiger partial charge in [-0.05, 0) is 23.6 Å². The molecule has 1 aromatic carbocycles. The number of rotatable bonds is 3. The Balaban J connectivity index is 0.00000196. The van der Waals surface area contributed by atoms with Crippen LogP contribution in [0.2, 0.25) is 0 Å². The zero-order valence-electron chi connectivity index (χ0n) is 8.04. The van der Waals surface area contributed by atoms with E-state index in [2.05, 4.69) is 4.52 Å². The molecule has 1 rings (SSSR count). The Morgan fingerprint density at radius 1 is 1.20 bits per heavy atom. The van der Waals surface area contributed by atoms with Crippen LogP contribution in [0, 0.1) is 0 Å². The van der Waals surface area contributed by atoms with Crippen LogP contribution >= 0.6 is 7.82 Å². The number of hydrogen-bond donors (Lipinski definition) is 2. The Hall–Kier alpha value is 0.170. The van der Waals surface area contributed by atoms with Crippen LogP contribution < -0.4 is 4.52 Å². The van der Waals surface area contributed by atoms with Crippen molar-refractivity contribution in [1.29, 1.82) is 0 Å². The van der Waals surface area contributed by atoms with Crippen molar-refractivity contribution in [3.8, 4) is 5.75 Å². The summed E-state index contributed by atoms with van der Waals surface area (Å²) in [7, 11) is -4.43. The second-order valence-corrected chi connectivity index (χ2v) is 4.47. The second-order valence-electron chi connectivity index (χ2n) is 3.31. The van der Waals surface area contributed by atoms with Gasteiger partial charge < -0.3 is 4.52 Å². The van der Waals surface area contributed by atoms with Gasteiger partial charge in [0.25, 0.3) is 0 Å². The van der Waals surface area contributed by atoms with Crippen LogP contribution in [-0.2, 0) is 4.57 Å². The van der Waals surface area contributed by atoms with E-state index < -0.39 is 7.82 Å². The van der Waals surface area contributed by atoms with Gasteiger partial charge in [-0.25, -0.2) is 4.57 Å². The summed E-state index contributed by atoms with van der Waals surface area (Å²) in [4.78, 5) is 17.1. The van der Waals surface area contributed by atoms with Gasteiger partial charge in [0.05, 0.1) is 0 Å². The van der Waals surface area contributed by atoms with E-state index in [0.29, 0.717) is 5.92 Å². The van der Waals surface area contributed by atoms with Crippen LogP contribution in [-0.4, -0.2) is 39.3 Å². The summed E-state index contributed by atoms with van der Waals surface area (Å²) in [6.07, 6.45) is 0. The number of phosphoric ester groups is 1. The number of phosphoric acid groups is 1. The maximum absolute atomic E-state index is 10.5. The summed E-state index contributed by atoms with van der Waals surface area (Å²) in [6.45, 7) is 4.08. The fraction of sp³-hybridized carbons (Fsp3) is 0.333. The molecule has 0 aliphatic heterocycles. The Bertz CT molecular complexity index is 344. The predicted octanol–water partition coefficient (Wildman–Crippen LogP) is 1.63. The number of benzene rings is 1. The van der Waals surface area contributed by atoms with Crippen molar-refractivity contribution in [2.24, 2.45) is 0 Å². The van der Waals surface area contributed by atoms with E-state index in [0.717, 1.165) is 5.56 Å². The van der Waals surface area contributed by atoms with E-state index in [1.165, 1.54) is 0 Å². The van der Waals surface area contributed by atoms with E-state index in [9.17, 15) is 4.57 Å². The summed E-state index contributed by atoms with van der Waals surface area (Å²) in [5, 5.41) is 0. The fourth-order valence-corrected chi connectivity index (χ4v) is 1.45. The Morgan fingerprint density at radius 3 is 2.00 bits per heavy atom. The fourth-order valence-electron chi connectivity index (χ4n) is 1.05. The molecule has 0 saturated carbocycles. The molecule has 2 N–H and O–H groups in total. The minimum atomic E-state index is -4.43. The normalized spacial score (nSPS) is 11.0. The first-order chi connectivity index (χ1) is 6.38. The van der Waals surface area contributed by atoms with Gasteiger partial charge in [0, 0.05) is 0 Å². The molecular weight excluding hydrogens is 226 g/mol. The van der Waals surface area contributed by atoms with Crippen LogP contribution in [0.1, 0.15) is 25.3 Å². The van der Waals surface area contributed by atoms with Crippen molar-refractivity contribution in [1.82, 2.24) is 0 Å². The van der Waals surface area contributed by atoms with Crippen molar-refractivity contribution in [2.45, 2.75) is 19.8 Å². The molecule has 0 spiro atoms. The van der Waals surface area contributed by atoms with Gasteiger partial charge in [0.15, 0.2) is 0 Å². The molecular formula is C9H14NaO4P. The molecule has 0 bridgehead atoms. The van der Waals surface area contributed by atoms with Crippen molar-refractivity contribution >= 4 is 37.4 Å². The SMILES string of the molecule is CC(C)c1ccc(OP(=O)(O)O)cc1.[NaH]. The van der Waals surface area contributed by atoms with Crippen LogP contribution in [0.4, 0.5) is 0 Å². The van der Waals surface area contributed by atoms with E-state index in [4.69, 9.17) is 9.79 Å². The zero-order valence-corrected chi connectivity index (χ0v) is 8.94. The molecule has 0 aliphatic rings. The number of hydrogen-bond acceptors (Lipinski definition) is 2. The van der Waals surface area contributed by atoms with Gasteiger partial charge in [-0.15, -0.1) is 0 Å². The average molecular weight is 240 g/mol. The third-order valence-electron chi connectivity index (χ3n) is 1.77. The first-order valence-corrected chi connectivity index (χ1v) is 5.76. The quantitative estimate of drug-likeness (QED) is 0.622. The summed E-state index contributed by atoms with van der Waals surface area (Å²) in [5.74, 6) is 0.571. The van der Waals surface area contributed by atoms with Crippen LogP contribution in [0.25, 0.3) is 0 Å². The molecule has 0 saturated heterocycles. The standard InChI is InChI=1S/C9H13O4P.Na.H/c1-7(2)8-3-5-9(6-4-8)13-14(10,11)12;;/h3-7H,1-2H3,(H2,10,11,12);;. The maximum atomic E-state index is 10.5. The molecule has 0 unspecified atom stereocenters. The third kappa shape index (κ3) is 5.71. The molecule has 1 aromatic rings. The Kier molecular flexibility index (Phi) is 6.11. The van der Waals surface area contributed by atoms with Gasteiger partial charge in [-0.1, -0.05) is 26.0 Å². The molecule has 0 heterocycles. The van der Waals surface area contributed by atoms with Crippen LogP contribution in [0.5, 0.6) is 5.75 Å². The summed E-state index contributed by atoms with van der Waals surface area (Å²) in [5.41, 5.74) is 1.10. The van der Waals surface area contributed by atoms with Gasteiger partial charge in [0.2, 0.25) is 0 Å². The average Bonchev–Trinajstić information content (AvgIpc) is 2.02. The van der Waals surface area contributed by atoms with Crippen LogP contribution in [0.15, 0.2) is 24.3 Å². The first kappa shape index (κ1) is 15.2. The molecule has 0 amide bonds. The predicted molar refractivity (Wildman–Crippen MR) is 60.4 cm³/mol. The van der Waals surface area contributed by atoms with Gasteiger partial charge >= 0.3 is 37.4 Å². The molecule has 4 nitrogen and oxygen atoms in total. The summed E-state index contributed by atoms with van der Waals surface area (Å²) in [6, 6.07) is 6.67. The van der Waals surface area contributed by atoms with Crippen molar-refractivity contribution < 1.29 is 18.9 Å². The Labute approximate surface area is 111 Å². The van der Waals surface area contributed by atoms with Crippen molar-refractivity contribution in [3.63, 3.8) is 0 Å².